The van der Waals surface area contributed by atoms with Gasteiger partial charge in [-0.15, -0.1) is 0 Å². The van der Waals surface area contributed by atoms with Crippen molar-refractivity contribution in [1.82, 2.24) is 30.6 Å². The zero-order valence-corrected chi connectivity index (χ0v) is 34.7. The molecule has 14 nitrogen and oxygen atoms in total. The van der Waals surface area contributed by atoms with E-state index in [4.69, 9.17) is 14.5 Å². The van der Waals surface area contributed by atoms with Crippen molar-refractivity contribution in [3.05, 3.63) is 156 Å². The Morgan fingerprint density at radius 2 is 1.27 bits per heavy atom. The number of anilines is 1. The van der Waals surface area contributed by atoms with E-state index in [1.54, 1.807) is 36.5 Å². The summed E-state index contributed by atoms with van der Waals surface area (Å²) >= 11 is 0. The molecule has 64 heavy (non-hydrogen) atoms. The number of aromatic nitrogens is 4. The van der Waals surface area contributed by atoms with Crippen LogP contribution in [0.1, 0.15) is 16.7 Å². The number of phenolic OH excluding ortho intramolecular Hbond substituents is 1. The fraction of sp³-hybridized carbons (Fsp3) is 0.160. The molecule has 0 aliphatic carbocycles. The first-order valence-electron chi connectivity index (χ1n) is 20.8. The molecule has 8 N–H and O–H groups in total. The Kier molecular flexibility index (Phi) is 11.7. The number of amides is 2. The summed E-state index contributed by atoms with van der Waals surface area (Å²) in [6, 6.07) is 35.6. The molecule has 0 saturated heterocycles. The number of aliphatic hydroxyl groups is 1. The number of benzene rings is 5. The van der Waals surface area contributed by atoms with Crippen molar-refractivity contribution in [3.63, 3.8) is 0 Å². The van der Waals surface area contributed by atoms with Gasteiger partial charge >= 0.3 is 5.97 Å². The van der Waals surface area contributed by atoms with Crippen LogP contribution in [0.25, 0.3) is 54.9 Å². The van der Waals surface area contributed by atoms with Crippen LogP contribution in [0, 0.1) is 0 Å². The molecule has 5 aromatic carbocycles. The lowest BCUT2D eigenvalue weighted by atomic mass is 10.0. The SMILES string of the molecule is COc1cc(-c2nc(N[C@@H](Cc3c[nH]c4ccccc34)C(=O)N[C@@H](Cc3c[nH]c4ccccc34)C(=O)N[C@@H](CO)C(=O)OCc3ccccc3)cc3c2[nH]c2ccccc23)ccc1O. The highest BCUT2D eigenvalue weighted by atomic mass is 16.5. The monoisotopic (exact) mass is 855 g/mol. The number of hydrogen-bond acceptors (Lipinski definition) is 9. The molecular weight excluding hydrogens is 811 g/mol. The van der Waals surface area contributed by atoms with Crippen LogP contribution < -0.4 is 20.7 Å². The molecule has 0 radical (unpaired) electrons. The first kappa shape index (κ1) is 41.3. The molecule has 0 unspecified atom stereocenters. The number of nitrogens with one attached hydrogen (secondary N) is 6. The Morgan fingerprint density at radius 3 is 1.94 bits per heavy atom. The number of H-pyrrole nitrogens is 3. The quantitative estimate of drug-likeness (QED) is 0.0469. The number of aliphatic hydroxyl groups excluding tert-OH is 1. The minimum absolute atomic E-state index is 0.0236. The number of carbonyl (C=O) groups excluding carboxylic acids is 3. The minimum atomic E-state index is -1.40. The molecule has 322 valence electrons. The molecule has 0 saturated carbocycles. The summed E-state index contributed by atoms with van der Waals surface area (Å²) in [6.45, 7) is -0.780. The molecule has 0 aliphatic heterocycles. The van der Waals surface area contributed by atoms with Crippen LogP contribution in [0.3, 0.4) is 0 Å². The second-order valence-corrected chi connectivity index (χ2v) is 15.6. The molecule has 4 heterocycles. The molecule has 4 aromatic heterocycles. The van der Waals surface area contributed by atoms with Crippen molar-refractivity contribution in [2.75, 3.05) is 19.0 Å². The number of ether oxygens (including phenoxy) is 2. The van der Waals surface area contributed by atoms with Gasteiger partial charge in [0.25, 0.3) is 0 Å². The number of carbonyl (C=O) groups is 3. The third-order valence-electron chi connectivity index (χ3n) is 11.4. The van der Waals surface area contributed by atoms with E-state index in [-0.39, 0.29) is 30.9 Å². The van der Waals surface area contributed by atoms with Crippen LogP contribution in [0.5, 0.6) is 11.5 Å². The lowest BCUT2D eigenvalue weighted by molar-refractivity contribution is -0.150. The van der Waals surface area contributed by atoms with E-state index in [1.165, 1.54) is 7.11 Å². The van der Waals surface area contributed by atoms with Crippen LogP contribution in [0.15, 0.2) is 140 Å². The molecule has 0 spiro atoms. The van der Waals surface area contributed by atoms with E-state index < -0.39 is 42.5 Å². The molecule has 2 amide bonds. The maximum Gasteiger partial charge on any atom is 0.331 e. The number of pyridine rings is 1. The van der Waals surface area contributed by atoms with Gasteiger partial charge in [0.1, 0.15) is 24.5 Å². The highest BCUT2D eigenvalue weighted by Crippen LogP contribution is 2.37. The third kappa shape index (κ3) is 8.54. The normalized spacial score (nSPS) is 12.8. The highest BCUT2D eigenvalue weighted by Gasteiger charge is 2.31. The topological polar surface area (TPSA) is 206 Å². The smallest absolute Gasteiger partial charge is 0.331 e. The largest absolute Gasteiger partial charge is 0.504 e. The number of aromatic amines is 3. The molecule has 3 atom stereocenters. The fourth-order valence-electron chi connectivity index (χ4n) is 8.14. The van der Waals surface area contributed by atoms with Gasteiger partial charge in [0.2, 0.25) is 11.8 Å². The predicted molar refractivity (Wildman–Crippen MR) is 246 cm³/mol. The highest BCUT2D eigenvalue weighted by molar-refractivity contribution is 6.12. The Morgan fingerprint density at radius 1 is 0.672 bits per heavy atom. The van der Waals surface area contributed by atoms with Gasteiger partial charge in [-0.3, -0.25) is 9.59 Å². The second-order valence-electron chi connectivity index (χ2n) is 15.6. The van der Waals surface area contributed by atoms with E-state index in [0.717, 1.165) is 60.3 Å². The maximum atomic E-state index is 15.0. The zero-order chi connectivity index (χ0) is 44.2. The number of aromatic hydroxyl groups is 1. The van der Waals surface area contributed by atoms with E-state index in [9.17, 15) is 24.6 Å². The summed E-state index contributed by atoms with van der Waals surface area (Å²) in [5.41, 5.74) is 6.91. The van der Waals surface area contributed by atoms with Gasteiger partial charge in [0.05, 0.1) is 24.9 Å². The van der Waals surface area contributed by atoms with Gasteiger partial charge in [-0.25, -0.2) is 9.78 Å². The second kappa shape index (κ2) is 18.1. The number of rotatable bonds is 16. The first-order chi connectivity index (χ1) is 31.3. The molecule has 14 heteroatoms. The lowest BCUT2D eigenvalue weighted by Crippen LogP contribution is -2.56. The van der Waals surface area contributed by atoms with Crippen molar-refractivity contribution in [1.29, 1.82) is 0 Å². The van der Waals surface area contributed by atoms with E-state index in [2.05, 4.69) is 30.9 Å². The summed E-state index contributed by atoms with van der Waals surface area (Å²) in [6.07, 6.45) is 3.88. The number of fused-ring (bicyclic) bond motifs is 5. The standard InChI is InChI=1S/C50H45N7O7/c1-63-44-23-30(19-20-43(44)59)46-47-36(35-15-7-10-18-39(35)54-47)24-45(57-46)53-40(21-31-25-51-37-16-8-5-13-33(31)37)48(60)55-41(22-32-26-52-38-17-9-6-14-34(32)38)49(61)56-42(27-58)50(62)64-28-29-11-3-2-4-12-29/h2-20,23-26,40-42,51-52,54,58-59H,21-22,27-28H2,1H3,(H,53,57)(H,55,60)(H,56,61)/t40-,41-,42-/m0/s1. The number of esters is 1. The molecule has 0 fully saturated rings. The summed E-state index contributed by atoms with van der Waals surface area (Å²) in [5.74, 6) is -1.42. The van der Waals surface area contributed by atoms with Gasteiger partial charge in [-0.2, -0.15) is 0 Å². The van der Waals surface area contributed by atoms with Gasteiger partial charge in [0.15, 0.2) is 17.5 Å². The molecule has 9 rings (SSSR count). The zero-order valence-electron chi connectivity index (χ0n) is 34.7. The third-order valence-corrected chi connectivity index (χ3v) is 11.4. The van der Waals surface area contributed by atoms with Gasteiger partial charge < -0.3 is 50.6 Å². The average Bonchev–Trinajstić information content (AvgIpc) is 4.05. The number of hydrogen-bond donors (Lipinski definition) is 8. The Bertz CT molecular complexity index is 3140. The van der Waals surface area contributed by atoms with Crippen molar-refractivity contribution in [3.8, 4) is 22.8 Å². The molecule has 0 aliphatic rings. The first-order valence-corrected chi connectivity index (χ1v) is 20.8. The maximum absolute atomic E-state index is 15.0. The van der Waals surface area contributed by atoms with E-state index in [1.807, 2.05) is 103 Å². The van der Waals surface area contributed by atoms with Crippen LogP contribution in [-0.4, -0.2) is 79.8 Å². The van der Waals surface area contributed by atoms with Crippen molar-refractivity contribution >= 4 is 67.2 Å². The summed E-state index contributed by atoms with van der Waals surface area (Å²) in [5, 5.41) is 33.4. The summed E-state index contributed by atoms with van der Waals surface area (Å²) < 4.78 is 10.9. The van der Waals surface area contributed by atoms with Crippen LogP contribution >= 0.6 is 0 Å². The predicted octanol–water partition coefficient (Wildman–Crippen LogP) is 7.03. The Labute approximate surface area is 366 Å². The Balaban J connectivity index is 1.08. The van der Waals surface area contributed by atoms with E-state index >= 15 is 0 Å². The van der Waals surface area contributed by atoms with Crippen LogP contribution in [-0.2, 0) is 38.6 Å². The summed E-state index contributed by atoms with van der Waals surface area (Å²) in [4.78, 5) is 57.7. The Hall–Kier alpha value is -8.10. The number of para-hydroxylation sites is 3. The van der Waals surface area contributed by atoms with Gasteiger partial charge in [0, 0.05) is 68.9 Å². The van der Waals surface area contributed by atoms with Crippen molar-refractivity contribution in [2.45, 2.75) is 37.6 Å². The lowest BCUT2D eigenvalue weighted by Gasteiger charge is -2.25. The van der Waals surface area contributed by atoms with Crippen LogP contribution in [0.4, 0.5) is 5.82 Å². The number of methoxy groups -OCH3 is 1. The minimum Gasteiger partial charge on any atom is -0.504 e. The van der Waals surface area contributed by atoms with Crippen molar-refractivity contribution in [2.24, 2.45) is 0 Å². The van der Waals surface area contributed by atoms with Crippen LogP contribution in [0.2, 0.25) is 0 Å². The number of nitrogens with zero attached hydrogens (tertiary/aromatic N) is 1. The number of phenols is 1. The average molecular weight is 856 g/mol. The molecular formula is C50H45N7O7. The molecule has 9 aromatic rings. The van der Waals surface area contributed by atoms with Gasteiger partial charge in [-0.1, -0.05) is 84.9 Å². The van der Waals surface area contributed by atoms with Crippen molar-refractivity contribution < 1.29 is 34.1 Å². The fourth-order valence-corrected chi connectivity index (χ4v) is 8.14. The van der Waals surface area contributed by atoms with Gasteiger partial charge in [-0.05, 0) is 59.2 Å². The summed E-state index contributed by atoms with van der Waals surface area (Å²) in [7, 11) is 1.48. The van der Waals surface area contributed by atoms with E-state index in [0.29, 0.717) is 17.1 Å². The molecule has 0 bridgehead atoms.